The van der Waals surface area contributed by atoms with E-state index >= 15 is 0 Å². The Labute approximate surface area is 53.4 Å². The van der Waals surface area contributed by atoms with E-state index in [9.17, 15) is 4.79 Å². The lowest BCUT2D eigenvalue weighted by Gasteiger charge is -2.19. The van der Waals surface area contributed by atoms with Crippen LogP contribution in [0.5, 0.6) is 0 Å². The van der Waals surface area contributed by atoms with Crippen LogP contribution in [-0.4, -0.2) is 23.0 Å². The van der Waals surface area contributed by atoms with Gasteiger partial charge in [-0.25, -0.2) is 0 Å². The molecule has 1 heterocycles. The summed E-state index contributed by atoms with van der Waals surface area (Å²) in [6.45, 7) is 0. The Morgan fingerprint density at radius 1 is 1.75 bits per heavy atom. The molecule has 0 radical (unpaired) electrons. The van der Waals surface area contributed by atoms with Gasteiger partial charge in [0, 0.05) is 19.2 Å². The van der Waals surface area contributed by atoms with E-state index in [0.717, 1.165) is 18.6 Å². The van der Waals surface area contributed by atoms with E-state index in [2.05, 4.69) is 0 Å². The smallest absolute Gasteiger partial charge is 0.232 e. The van der Waals surface area contributed by atoms with Gasteiger partial charge in [0.05, 0.1) is 0 Å². The highest BCUT2D eigenvalue weighted by Crippen LogP contribution is 2.17. The van der Waals surface area contributed by atoms with Gasteiger partial charge in [0.25, 0.3) is 0 Å². The van der Waals surface area contributed by atoms with E-state index in [1.54, 1.807) is 16.3 Å². The van der Waals surface area contributed by atoms with Crippen LogP contribution in [0.25, 0.3) is 0 Å². The quantitative estimate of drug-likeness (QED) is 0.455. The van der Waals surface area contributed by atoms with Crippen molar-refractivity contribution in [3.8, 4) is 0 Å². The molecule has 1 rings (SSSR count). The molecule has 2 nitrogen and oxygen atoms in total. The van der Waals surface area contributed by atoms with Gasteiger partial charge < -0.3 is 0 Å². The molecule has 8 heavy (non-hydrogen) atoms. The van der Waals surface area contributed by atoms with Crippen molar-refractivity contribution < 1.29 is 4.79 Å². The summed E-state index contributed by atoms with van der Waals surface area (Å²) in [4.78, 5) is 10.7. The van der Waals surface area contributed by atoms with E-state index in [1.807, 2.05) is 7.05 Å². The summed E-state index contributed by atoms with van der Waals surface area (Å²) in [5.41, 5.74) is 0. The van der Waals surface area contributed by atoms with Crippen LogP contribution in [0.15, 0.2) is 0 Å². The maximum absolute atomic E-state index is 10.7. The van der Waals surface area contributed by atoms with Crippen LogP contribution in [0, 0.1) is 0 Å². The predicted octanol–water partition coefficient (Wildman–Crippen LogP) is 0.887. The van der Waals surface area contributed by atoms with Crippen molar-refractivity contribution in [3.05, 3.63) is 0 Å². The van der Waals surface area contributed by atoms with Crippen molar-refractivity contribution in [1.82, 2.24) is 4.31 Å². The number of carbonyl (C=O) groups excluding carboxylic acids is 1. The average Bonchev–Trinajstić information content (AvgIpc) is 1.77. The first kappa shape index (κ1) is 5.95. The third kappa shape index (κ3) is 1.15. The van der Waals surface area contributed by atoms with Crippen LogP contribution in [0.1, 0.15) is 12.8 Å². The molecule has 0 atom stereocenters. The number of carbonyl (C=O) groups is 1. The first-order chi connectivity index (χ1) is 3.80. The molecule has 1 aliphatic rings. The Morgan fingerprint density at radius 3 is 2.88 bits per heavy atom. The second kappa shape index (κ2) is 2.40. The molecule has 1 saturated heterocycles. The topological polar surface area (TPSA) is 20.3 Å². The molecule has 46 valence electrons. The Balaban J connectivity index is 2.39. The van der Waals surface area contributed by atoms with Crippen molar-refractivity contribution in [2.75, 3.05) is 12.8 Å². The monoisotopic (exact) mass is 131 g/mol. The molecule has 0 aromatic carbocycles. The number of rotatable bonds is 0. The summed E-state index contributed by atoms with van der Waals surface area (Å²) < 4.78 is 1.71. The van der Waals surface area contributed by atoms with Crippen molar-refractivity contribution in [2.45, 2.75) is 12.8 Å². The summed E-state index contributed by atoms with van der Waals surface area (Å²) in [5, 5.41) is 0. The molecule has 0 aromatic heterocycles. The van der Waals surface area contributed by atoms with Crippen LogP contribution in [-0.2, 0) is 4.79 Å². The van der Waals surface area contributed by atoms with Gasteiger partial charge in [0.2, 0.25) is 5.91 Å². The van der Waals surface area contributed by atoms with Crippen LogP contribution in [0.4, 0.5) is 0 Å². The largest absolute Gasteiger partial charge is 0.290 e. The third-order valence-electron chi connectivity index (χ3n) is 1.17. The molecule has 0 N–H and O–H groups in total. The van der Waals surface area contributed by atoms with E-state index in [0.29, 0.717) is 0 Å². The highest BCUT2D eigenvalue weighted by molar-refractivity contribution is 7.97. The number of amides is 1. The number of hydrogen-bond donors (Lipinski definition) is 0. The Hall–Kier alpha value is -0.180. The summed E-state index contributed by atoms with van der Waals surface area (Å²) in [6, 6.07) is 0. The standard InChI is InChI=1S/C5H9NOS/c1-6-5(7)3-2-4-8-6/h2-4H2,1H3. The Bertz CT molecular complexity index is 105. The summed E-state index contributed by atoms with van der Waals surface area (Å²) in [6.07, 6.45) is 1.79. The van der Waals surface area contributed by atoms with Gasteiger partial charge in [-0.2, -0.15) is 0 Å². The molecule has 1 fully saturated rings. The summed E-state index contributed by atoms with van der Waals surface area (Å²) in [7, 11) is 1.83. The second-order valence-corrected chi connectivity index (χ2v) is 3.04. The fourth-order valence-corrected chi connectivity index (χ4v) is 1.44. The predicted molar refractivity (Wildman–Crippen MR) is 34.5 cm³/mol. The first-order valence-electron chi connectivity index (χ1n) is 2.70. The lowest BCUT2D eigenvalue weighted by atomic mass is 10.3. The molecule has 1 aliphatic heterocycles. The van der Waals surface area contributed by atoms with Crippen molar-refractivity contribution in [3.63, 3.8) is 0 Å². The maximum atomic E-state index is 10.7. The molecule has 1 amide bonds. The van der Waals surface area contributed by atoms with E-state index in [-0.39, 0.29) is 5.91 Å². The summed E-state index contributed by atoms with van der Waals surface area (Å²) in [5.74, 6) is 1.36. The zero-order valence-corrected chi connectivity index (χ0v) is 5.70. The SMILES string of the molecule is CN1SCCCC1=O. The first-order valence-corrected chi connectivity index (χ1v) is 3.64. The minimum atomic E-state index is 0.265. The van der Waals surface area contributed by atoms with Crippen LogP contribution in [0.3, 0.4) is 0 Å². The van der Waals surface area contributed by atoms with Crippen LogP contribution in [0.2, 0.25) is 0 Å². The molecule has 0 aliphatic carbocycles. The number of hydrogen-bond acceptors (Lipinski definition) is 2. The van der Waals surface area contributed by atoms with Gasteiger partial charge >= 0.3 is 0 Å². The van der Waals surface area contributed by atoms with E-state index in [1.165, 1.54) is 0 Å². The normalized spacial score (nSPS) is 21.6. The Kier molecular flexibility index (Phi) is 1.78. The van der Waals surface area contributed by atoms with Gasteiger partial charge in [-0.1, -0.05) is 0 Å². The van der Waals surface area contributed by atoms with Crippen LogP contribution < -0.4 is 0 Å². The minimum absolute atomic E-state index is 0.265. The molecule has 0 aromatic rings. The zero-order valence-electron chi connectivity index (χ0n) is 4.89. The fraction of sp³-hybridized carbons (Fsp3) is 0.800. The number of nitrogens with zero attached hydrogens (tertiary/aromatic N) is 1. The van der Waals surface area contributed by atoms with Gasteiger partial charge in [0.1, 0.15) is 0 Å². The highest BCUT2D eigenvalue weighted by atomic mass is 32.2. The second-order valence-electron chi connectivity index (χ2n) is 1.83. The molecule has 0 unspecified atom stereocenters. The molecular weight excluding hydrogens is 122 g/mol. The fourth-order valence-electron chi connectivity index (χ4n) is 0.654. The average molecular weight is 131 g/mol. The highest BCUT2D eigenvalue weighted by Gasteiger charge is 2.13. The van der Waals surface area contributed by atoms with E-state index in [4.69, 9.17) is 0 Å². The van der Waals surface area contributed by atoms with Crippen molar-refractivity contribution >= 4 is 17.9 Å². The molecule has 0 bridgehead atoms. The van der Waals surface area contributed by atoms with Gasteiger partial charge in [-0.15, -0.1) is 0 Å². The summed E-state index contributed by atoms with van der Waals surface area (Å²) >= 11 is 1.61. The lowest BCUT2D eigenvalue weighted by molar-refractivity contribution is -0.125. The Morgan fingerprint density at radius 2 is 2.50 bits per heavy atom. The van der Waals surface area contributed by atoms with E-state index < -0.39 is 0 Å². The molecule has 0 spiro atoms. The van der Waals surface area contributed by atoms with Crippen molar-refractivity contribution in [2.24, 2.45) is 0 Å². The molecule has 3 heteroatoms. The maximum Gasteiger partial charge on any atom is 0.232 e. The van der Waals surface area contributed by atoms with Gasteiger partial charge in [-0.3, -0.25) is 9.10 Å². The zero-order chi connectivity index (χ0) is 5.98. The third-order valence-corrected chi connectivity index (χ3v) is 2.23. The molecule has 0 saturated carbocycles. The minimum Gasteiger partial charge on any atom is -0.290 e. The molecular formula is C5H9NOS. The van der Waals surface area contributed by atoms with Crippen LogP contribution >= 0.6 is 11.9 Å². The lowest BCUT2D eigenvalue weighted by Crippen LogP contribution is -2.23. The van der Waals surface area contributed by atoms with Gasteiger partial charge in [-0.05, 0) is 18.4 Å². The van der Waals surface area contributed by atoms with Gasteiger partial charge in [0.15, 0.2) is 0 Å². The van der Waals surface area contributed by atoms with Crippen molar-refractivity contribution in [1.29, 1.82) is 0 Å².